The van der Waals surface area contributed by atoms with Crippen molar-refractivity contribution < 1.29 is 0 Å². The number of aryl methyl sites for hydroxylation is 2. The summed E-state index contributed by atoms with van der Waals surface area (Å²) in [4.78, 5) is 0. The number of nitrogens with zero attached hydrogens (tertiary/aromatic N) is 2. The van der Waals surface area contributed by atoms with Crippen molar-refractivity contribution in [2.75, 3.05) is 6.54 Å². The highest BCUT2D eigenvalue weighted by atomic mass is 15.3. The molecule has 1 atom stereocenters. The summed E-state index contributed by atoms with van der Waals surface area (Å²) in [6.07, 6.45) is 0.967. The topological polar surface area (TPSA) is 29.9 Å². The van der Waals surface area contributed by atoms with Crippen LogP contribution in [0.5, 0.6) is 0 Å². The molecule has 18 heavy (non-hydrogen) atoms. The van der Waals surface area contributed by atoms with Gasteiger partial charge in [-0.05, 0) is 25.1 Å². The third kappa shape index (κ3) is 2.99. The smallest absolute Gasteiger partial charge is 0.0596 e. The number of aromatic nitrogens is 2. The van der Waals surface area contributed by atoms with E-state index < -0.39 is 0 Å². The summed E-state index contributed by atoms with van der Waals surface area (Å²) in [6.45, 7) is 5.15. The van der Waals surface area contributed by atoms with Crippen LogP contribution in [-0.4, -0.2) is 16.3 Å². The van der Waals surface area contributed by atoms with E-state index in [4.69, 9.17) is 0 Å². The Bertz CT molecular complexity index is 488. The van der Waals surface area contributed by atoms with E-state index in [0.29, 0.717) is 6.04 Å². The molecule has 0 bridgehead atoms. The van der Waals surface area contributed by atoms with Gasteiger partial charge in [0.1, 0.15) is 0 Å². The summed E-state index contributed by atoms with van der Waals surface area (Å²) < 4.78 is 1.97. The fourth-order valence-corrected chi connectivity index (χ4v) is 2.30. The lowest BCUT2D eigenvalue weighted by Crippen LogP contribution is -2.23. The Morgan fingerprint density at radius 3 is 2.56 bits per heavy atom. The fraction of sp³-hybridized carbons (Fsp3) is 0.400. The minimum atomic E-state index is 0.353. The van der Waals surface area contributed by atoms with Gasteiger partial charge in [-0.1, -0.05) is 37.3 Å². The zero-order chi connectivity index (χ0) is 13.0. The van der Waals surface area contributed by atoms with Crippen molar-refractivity contribution in [1.82, 2.24) is 15.1 Å². The van der Waals surface area contributed by atoms with Gasteiger partial charge in [0, 0.05) is 25.2 Å². The summed E-state index contributed by atoms with van der Waals surface area (Å²) in [5, 5.41) is 7.95. The summed E-state index contributed by atoms with van der Waals surface area (Å²) >= 11 is 0. The van der Waals surface area contributed by atoms with Gasteiger partial charge in [0.05, 0.1) is 5.69 Å². The summed E-state index contributed by atoms with van der Waals surface area (Å²) in [6, 6.07) is 13.1. The Labute approximate surface area is 109 Å². The van der Waals surface area contributed by atoms with Gasteiger partial charge in [0.25, 0.3) is 0 Å². The molecule has 0 saturated heterocycles. The van der Waals surface area contributed by atoms with Gasteiger partial charge in [0.15, 0.2) is 0 Å². The SMILES string of the molecule is CCNC(Cc1cc(C)nn1C)c1ccccc1. The number of likely N-dealkylation sites (N-methyl/N-ethyl adjacent to an activating group) is 1. The Balaban J connectivity index is 2.19. The van der Waals surface area contributed by atoms with Gasteiger partial charge in [-0.25, -0.2) is 0 Å². The molecule has 0 fully saturated rings. The monoisotopic (exact) mass is 243 g/mol. The highest BCUT2D eigenvalue weighted by Crippen LogP contribution is 2.18. The van der Waals surface area contributed by atoms with E-state index >= 15 is 0 Å². The van der Waals surface area contributed by atoms with Gasteiger partial charge in [-0.2, -0.15) is 5.10 Å². The molecular formula is C15H21N3. The largest absolute Gasteiger partial charge is 0.310 e. The molecule has 0 radical (unpaired) electrons. The van der Waals surface area contributed by atoms with Crippen LogP contribution >= 0.6 is 0 Å². The zero-order valence-electron chi connectivity index (χ0n) is 11.4. The standard InChI is InChI=1S/C15H21N3/c1-4-16-15(13-8-6-5-7-9-13)11-14-10-12(2)17-18(14)3/h5-10,15-16H,4,11H2,1-3H3. The van der Waals surface area contributed by atoms with Crippen molar-refractivity contribution in [2.24, 2.45) is 7.05 Å². The fourth-order valence-electron chi connectivity index (χ4n) is 2.30. The molecule has 2 aromatic rings. The van der Waals surface area contributed by atoms with Crippen molar-refractivity contribution in [3.63, 3.8) is 0 Å². The van der Waals surface area contributed by atoms with Crippen LogP contribution < -0.4 is 5.32 Å². The van der Waals surface area contributed by atoms with E-state index in [9.17, 15) is 0 Å². The molecule has 0 saturated carbocycles. The van der Waals surface area contributed by atoms with Crippen molar-refractivity contribution >= 4 is 0 Å². The molecule has 96 valence electrons. The van der Waals surface area contributed by atoms with E-state index in [1.54, 1.807) is 0 Å². The first kappa shape index (κ1) is 12.8. The molecule has 0 aliphatic heterocycles. The van der Waals surface area contributed by atoms with Crippen molar-refractivity contribution in [3.05, 3.63) is 53.3 Å². The van der Waals surface area contributed by atoms with Crippen LogP contribution in [0.1, 0.15) is 29.9 Å². The molecule has 1 unspecified atom stereocenters. The van der Waals surface area contributed by atoms with Crippen LogP contribution in [0, 0.1) is 6.92 Å². The molecule has 1 aromatic carbocycles. The second-order valence-electron chi connectivity index (χ2n) is 4.63. The lowest BCUT2D eigenvalue weighted by Gasteiger charge is -2.18. The molecule has 1 aromatic heterocycles. The Morgan fingerprint density at radius 2 is 2.00 bits per heavy atom. The Kier molecular flexibility index (Phi) is 4.15. The third-order valence-electron chi connectivity index (χ3n) is 3.16. The second kappa shape index (κ2) is 5.83. The molecule has 0 amide bonds. The predicted octanol–water partition coefficient (Wildman–Crippen LogP) is 2.62. The van der Waals surface area contributed by atoms with Crippen LogP contribution in [0.4, 0.5) is 0 Å². The van der Waals surface area contributed by atoms with Crippen molar-refractivity contribution in [2.45, 2.75) is 26.3 Å². The maximum atomic E-state index is 4.41. The number of rotatable bonds is 5. The van der Waals surface area contributed by atoms with E-state index in [1.165, 1.54) is 11.3 Å². The predicted molar refractivity (Wildman–Crippen MR) is 74.5 cm³/mol. The first-order valence-electron chi connectivity index (χ1n) is 6.48. The van der Waals surface area contributed by atoms with E-state index in [0.717, 1.165) is 18.7 Å². The highest BCUT2D eigenvalue weighted by Gasteiger charge is 2.13. The zero-order valence-corrected chi connectivity index (χ0v) is 11.4. The normalized spacial score (nSPS) is 12.6. The van der Waals surface area contributed by atoms with Crippen molar-refractivity contribution in [1.29, 1.82) is 0 Å². The number of benzene rings is 1. The van der Waals surface area contributed by atoms with Crippen molar-refractivity contribution in [3.8, 4) is 0 Å². The quantitative estimate of drug-likeness (QED) is 0.875. The van der Waals surface area contributed by atoms with Crippen LogP contribution in [0.15, 0.2) is 36.4 Å². The molecular weight excluding hydrogens is 222 g/mol. The van der Waals surface area contributed by atoms with Gasteiger partial charge in [-0.3, -0.25) is 4.68 Å². The molecule has 0 aliphatic carbocycles. The second-order valence-corrected chi connectivity index (χ2v) is 4.63. The third-order valence-corrected chi connectivity index (χ3v) is 3.16. The van der Waals surface area contributed by atoms with Crippen LogP contribution in [0.3, 0.4) is 0 Å². The Morgan fingerprint density at radius 1 is 1.28 bits per heavy atom. The molecule has 0 aliphatic rings. The maximum absolute atomic E-state index is 4.41. The summed E-state index contributed by atoms with van der Waals surface area (Å²) in [5.74, 6) is 0. The van der Waals surface area contributed by atoms with E-state index in [-0.39, 0.29) is 0 Å². The number of nitrogens with one attached hydrogen (secondary N) is 1. The van der Waals surface area contributed by atoms with Crippen LogP contribution in [0.2, 0.25) is 0 Å². The number of hydrogen-bond donors (Lipinski definition) is 1. The van der Waals surface area contributed by atoms with Crippen LogP contribution in [-0.2, 0) is 13.5 Å². The molecule has 1 N–H and O–H groups in total. The lowest BCUT2D eigenvalue weighted by atomic mass is 10.0. The average molecular weight is 243 g/mol. The summed E-state index contributed by atoms with van der Waals surface area (Å²) in [7, 11) is 2.01. The van der Waals surface area contributed by atoms with Gasteiger partial charge in [0.2, 0.25) is 0 Å². The molecule has 3 heteroatoms. The minimum absolute atomic E-state index is 0.353. The minimum Gasteiger partial charge on any atom is -0.310 e. The van der Waals surface area contributed by atoms with Gasteiger partial charge >= 0.3 is 0 Å². The van der Waals surface area contributed by atoms with E-state index in [2.05, 4.69) is 53.7 Å². The number of hydrogen-bond acceptors (Lipinski definition) is 2. The van der Waals surface area contributed by atoms with Gasteiger partial charge < -0.3 is 5.32 Å². The molecule has 2 rings (SSSR count). The molecule has 3 nitrogen and oxygen atoms in total. The maximum Gasteiger partial charge on any atom is 0.0596 e. The summed E-state index contributed by atoms with van der Waals surface area (Å²) in [5.41, 5.74) is 3.68. The first-order valence-corrected chi connectivity index (χ1v) is 6.48. The molecule has 1 heterocycles. The first-order chi connectivity index (χ1) is 8.70. The van der Waals surface area contributed by atoms with E-state index in [1.807, 2.05) is 18.7 Å². The lowest BCUT2D eigenvalue weighted by molar-refractivity contribution is 0.529. The Hall–Kier alpha value is -1.61. The average Bonchev–Trinajstić information content (AvgIpc) is 2.68. The highest BCUT2D eigenvalue weighted by molar-refractivity contribution is 5.21. The molecule has 0 spiro atoms. The van der Waals surface area contributed by atoms with Crippen LogP contribution in [0.25, 0.3) is 0 Å². The van der Waals surface area contributed by atoms with Gasteiger partial charge in [-0.15, -0.1) is 0 Å².